The molecule has 0 spiro atoms. The largest absolute Gasteiger partial charge is 0.386 e. The standard InChI is InChI=1S/C17H24N2O/c1-5-19-12-18-11-15(19)16(20)10-13-6-8-14(9-7-13)17(2,3)4/h6-9,11-12,16,20H,5,10H2,1-4H3. The van der Waals surface area contributed by atoms with Gasteiger partial charge in [-0.1, -0.05) is 45.0 Å². The van der Waals surface area contributed by atoms with Crippen molar-refractivity contribution in [1.29, 1.82) is 0 Å². The topological polar surface area (TPSA) is 38.0 Å². The highest BCUT2D eigenvalue weighted by atomic mass is 16.3. The Morgan fingerprint density at radius 1 is 1.20 bits per heavy atom. The maximum Gasteiger partial charge on any atom is 0.0995 e. The van der Waals surface area contributed by atoms with Crippen molar-refractivity contribution < 1.29 is 5.11 Å². The summed E-state index contributed by atoms with van der Waals surface area (Å²) in [5.74, 6) is 0. The zero-order valence-electron chi connectivity index (χ0n) is 12.8. The van der Waals surface area contributed by atoms with Crippen LogP contribution in [-0.4, -0.2) is 14.7 Å². The van der Waals surface area contributed by atoms with E-state index in [4.69, 9.17) is 0 Å². The van der Waals surface area contributed by atoms with Crippen molar-refractivity contribution in [2.45, 2.75) is 52.2 Å². The highest BCUT2D eigenvalue weighted by Crippen LogP contribution is 2.24. The molecule has 3 heteroatoms. The molecule has 1 N–H and O–H groups in total. The molecule has 2 aromatic rings. The molecular weight excluding hydrogens is 248 g/mol. The zero-order chi connectivity index (χ0) is 14.8. The minimum absolute atomic E-state index is 0.165. The van der Waals surface area contributed by atoms with Crippen molar-refractivity contribution in [1.82, 2.24) is 9.55 Å². The Hall–Kier alpha value is -1.61. The fourth-order valence-corrected chi connectivity index (χ4v) is 2.34. The normalized spacial score (nSPS) is 13.4. The van der Waals surface area contributed by atoms with Crippen LogP contribution in [0.1, 0.15) is 50.6 Å². The number of rotatable bonds is 4. The Morgan fingerprint density at radius 2 is 1.85 bits per heavy atom. The van der Waals surface area contributed by atoms with Crippen LogP contribution in [0.25, 0.3) is 0 Å². The minimum atomic E-state index is -0.502. The molecule has 3 nitrogen and oxygen atoms in total. The van der Waals surface area contributed by atoms with E-state index in [0.717, 1.165) is 17.8 Å². The van der Waals surface area contributed by atoms with Crippen LogP contribution in [0.5, 0.6) is 0 Å². The average Bonchev–Trinajstić information content (AvgIpc) is 2.86. The Labute approximate surface area is 121 Å². The number of aliphatic hydroxyl groups excluding tert-OH is 1. The molecule has 0 saturated carbocycles. The van der Waals surface area contributed by atoms with Gasteiger partial charge in [0.2, 0.25) is 0 Å². The SMILES string of the molecule is CCn1cncc1C(O)Cc1ccc(C(C)(C)C)cc1. The minimum Gasteiger partial charge on any atom is -0.386 e. The number of benzene rings is 1. The lowest BCUT2D eigenvalue weighted by molar-refractivity contribution is 0.169. The van der Waals surface area contributed by atoms with E-state index in [1.54, 1.807) is 12.5 Å². The number of aryl methyl sites for hydroxylation is 1. The number of aromatic nitrogens is 2. The second-order valence-corrected chi connectivity index (χ2v) is 6.27. The number of nitrogens with zero attached hydrogens (tertiary/aromatic N) is 2. The molecule has 0 bridgehead atoms. The van der Waals surface area contributed by atoms with E-state index >= 15 is 0 Å². The molecule has 108 valence electrons. The number of hydrogen-bond acceptors (Lipinski definition) is 2. The van der Waals surface area contributed by atoms with Gasteiger partial charge in [-0.05, 0) is 23.5 Å². The first-order valence-corrected chi connectivity index (χ1v) is 7.19. The Balaban J connectivity index is 2.10. The van der Waals surface area contributed by atoms with Crippen molar-refractivity contribution in [3.05, 3.63) is 53.6 Å². The van der Waals surface area contributed by atoms with Crippen molar-refractivity contribution >= 4 is 0 Å². The van der Waals surface area contributed by atoms with Crippen LogP contribution in [0.3, 0.4) is 0 Å². The van der Waals surface area contributed by atoms with Crippen molar-refractivity contribution in [2.24, 2.45) is 0 Å². The van der Waals surface area contributed by atoms with E-state index in [-0.39, 0.29) is 5.41 Å². The Morgan fingerprint density at radius 3 is 2.40 bits per heavy atom. The Kier molecular flexibility index (Phi) is 4.29. The molecule has 0 amide bonds. The number of hydrogen-bond donors (Lipinski definition) is 1. The third kappa shape index (κ3) is 3.28. The van der Waals surface area contributed by atoms with E-state index in [1.165, 1.54) is 5.56 Å². The van der Waals surface area contributed by atoms with Gasteiger partial charge < -0.3 is 9.67 Å². The molecule has 1 aromatic heterocycles. The lowest BCUT2D eigenvalue weighted by Gasteiger charge is -2.19. The van der Waals surface area contributed by atoms with Crippen LogP contribution >= 0.6 is 0 Å². The monoisotopic (exact) mass is 272 g/mol. The summed E-state index contributed by atoms with van der Waals surface area (Å²) in [5, 5.41) is 10.3. The first-order valence-electron chi connectivity index (χ1n) is 7.19. The van der Waals surface area contributed by atoms with Gasteiger partial charge in [0, 0.05) is 13.0 Å². The molecule has 0 fully saturated rings. The van der Waals surface area contributed by atoms with Crippen LogP contribution in [0, 0.1) is 0 Å². The van der Waals surface area contributed by atoms with Gasteiger partial charge in [-0.2, -0.15) is 0 Å². The summed E-state index contributed by atoms with van der Waals surface area (Å²) in [6.45, 7) is 9.50. The summed E-state index contributed by atoms with van der Waals surface area (Å²) < 4.78 is 1.98. The van der Waals surface area contributed by atoms with E-state index in [9.17, 15) is 5.11 Å². The van der Waals surface area contributed by atoms with Gasteiger partial charge in [-0.25, -0.2) is 4.98 Å². The van der Waals surface area contributed by atoms with Crippen LogP contribution in [0.15, 0.2) is 36.8 Å². The first kappa shape index (κ1) is 14.8. The van der Waals surface area contributed by atoms with Gasteiger partial charge >= 0.3 is 0 Å². The molecule has 1 heterocycles. The smallest absolute Gasteiger partial charge is 0.0995 e. The summed E-state index contributed by atoms with van der Waals surface area (Å²) >= 11 is 0. The van der Waals surface area contributed by atoms with E-state index in [1.807, 2.05) is 4.57 Å². The third-order valence-electron chi connectivity index (χ3n) is 3.68. The molecule has 0 aliphatic rings. The van der Waals surface area contributed by atoms with Gasteiger partial charge in [0.25, 0.3) is 0 Å². The van der Waals surface area contributed by atoms with Crippen molar-refractivity contribution in [2.75, 3.05) is 0 Å². The van der Waals surface area contributed by atoms with Crippen LogP contribution in [0.4, 0.5) is 0 Å². The highest BCUT2D eigenvalue weighted by Gasteiger charge is 2.15. The van der Waals surface area contributed by atoms with Crippen LogP contribution < -0.4 is 0 Å². The maximum absolute atomic E-state index is 10.3. The molecule has 0 saturated heterocycles. The van der Waals surface area contributed by atoms with Gasteiger partial charge in [0.05, 0.1) is 24.3 Å². The van der Waals surface area contributed by atoms with E-state index < -0.39 is 6.10 Å². The second-order valence-electron chi connectivity index (χ2n) is 6.27. The average molecular weight is 272 g/mol. The second kappa shape index (κ2) is 5.80. The predicted octanol–water partition coefficient (Wildman–Crippen LogP) is 3.48. The summed E-state index contributed by atoms with van der Waals surface area (Å²) in [6.07, 6.45) is 3.63. The quantitative estimate of drug-likeness (QED) is 0.925. The van der Waals surface area contributed by atoms with E-state index in [0.29, 0.717) is 6.42 Å². The first-order chi connectivity index (χ1) is 9.41. The fourth-order valence-electron chi connectivity index (χ4n) is 2.34. The van der Waals surface area contributed by atoms with Gasteiger partial charge in [-0.15, -0.1) is 0 Å². The molecule has 0 aliphatic heterocycles. The van der Waals surface area contributed by atoms with Crippen LogP contribution in [-0.2, 0) is 18.4 Å². The van der Waals surface area contributed by atoms with Crippen molar-refractivity contribution in [3.63, 3.8) is 0 Å². The molecule has 0 radical (unpaired) electrons. The fraction of sp³-hybridized carbons (Fsp3) is 0.471. The lowest BCUT2D eigenvalue weighted by atomic mass is 9.86. The molecule has 2 rings (SSSR count). The van der Waals surface area contributed by atoms with Crippen molar-refractivity contribution in [3.8, 4) is 0 Å². The predicted molar refractivity (Wildman–Crippen MR) is 81.7 cm³/mol. The molecule has 1 aromatic carbocycles. The Bertz CT molecular complexity index is 549. The zero-order valence-corrected chi connectivity index (χ0v) is 12.8. The van der Waals surface area contributed by atoms with Gasteiger partial charge in [-0.3, -0.25) is 0 Å². The van der Waals surface area contributed by atoms with Gasteiger partial charge in [0.15, 0.2) is 0 Å². The van der Waals surface area contributed by atoms with Gasteiger partial charge in [0.1, 0.15) is 0 Å². The summed E-state index contributed by atoms with van der Waals surface area (Å²) in [6, 6.07) is 8.52. The lowest BCUT2D eigenvalue weighted by Crippen LogP contribution is -2.11. The molecule has 1 atom stereocenters. The number of aliphatic hydroxyl groups is 1. The van der Waals surface area contributed by atoms with E-state index in [2.05, 4.69) is 56.9 Å². The summed E-state index contributed by atoms with van der Waals surface area (Å²) in [4.78, 5) is 4.11. The molecular formula is C17H24N2O. The highest BCUT2D eigenvalue weighted by molar-refractivity contribution is 5.28. The maximum atomic E-state index is 10.3. The molecule has 20 heavy (non-hydrogen) atoms. The molecule has 1 unspecified atom stereocenters. The van der Waals surface area contributed by atoms with Crippen LogP contribution in [0.2, 0.25) is 0 Å². The molecule has 0 aliphatic carbocycles. The summed E-state index contributed by atoms with van der Waals surface area (Å²) in [7, 11) is 0. The number of imidazole rings is 1. The third-order valence-corrected chi connectivity index (χ3v) is 3.68. The summed E-state index contributed by atoms with van der Waals surface area (Å²) in [5.41, 5.74) is 3.51.